The predicted octanol–water partition coefficient (Wildman–Crippen LogP) is 5.58. The predicted molar refractivity (Wildman–Crippen MR) is 128 cm³/mol. The van der Waals surface area contributed by atoms with Crippen LogP contribution in [0, 0.1) is 5.82 Å². The first kappa shape index (κ1) is 22.2. The molecule has 2 heterocycles. The van der Waals surface area contributed by atoms with E-state index in [9.17, 15) is 9.18 Å². The molecule has 172 valence electrons. The molecule has 1 N–H and O–H groups in total. The van der Waals surface area contributed by atoms with Crippen LogP contribution in [0.2, 0.25) is 5.02 Å². The Morgan fingerprint density at radius 2 is 1.85 bits per heavy atom. The van der Waals surface area contributed by atoms with Gasteiger partial charge in [-0.3, -0.25) is 9.36 Å². The summed E-state index contributed by atoms with van der Waals surface area (Å²) in [5.41, 5.74) is 1.55. The average molecular weight is 497 g/mol. The molecule has 1 aliphatic heterocycles. The Bertz CT molecular complexity index is 1360. The Morgan fingerprint density at radius 3 is 2.71 bits per heavy atom. The number of hydrogen-bond donors (Lipinski definition) is 1. The van der Waals surface area contributed by atoms with Crippen LogP contribution in [0.25, 0.3) is 17.1 Å². The van der Waals surface area contributed by atoms with Crippen molar-refractivity contribution in [3.63, 3.8) is 0 Å². The van der Waals surface area contributed by atoms with Crippen LogP contribution >= 0.6 is 23.4 Å². The lowest BCUT2D eigenvalue weighted by Crippen LogP contribution is -2.12. The van der Waals surface area contributed by atoms with E-state index < -0.39 is 5.82 Å². The number of para-hydroxylation sites is 1. The van der Waals surface area contributed by atoms with Gasteiger partial charge in [0.1, 0.15) is 5.82 Å². The second-order valence-corrected chi connectivity index (χ2v) is 8.76. The molecule has 0 saturated heterocycles. The zero-order valence-corrected chi connectivity index (χ0v) is 19.3. The quantitative estimate of drug-likeness (QED) is 0.337. The topological polar surface area (TPSA) is 78.3 Å². The Morgan fingerprint density at radius 1 is 1.06 bits per heavy atom. The highest BCUT2D eigenvalue weighted by molar-refractivity contribution is 7.99. The van der Waals surface area contributed by atoms with Gasteiger partial charge in [0.25, 0.3) is 0 Å². The molecule has 34 heavy (non-hydrogen) atoms. The van der Waals surface area contributed by atoms with Crippen LogP contribution < -0.4 is 14.8 Å². The Labute approximate surface area is 203 Å². The van der Waals surface area contributed by atoms with Crippen LogP contribution in [0.1, 0.15) is 6.42 Å². The van der Waals surface area contributed by atoms with Gasteiger partial charge >= 0.3 is 0 Å². The number of nitrogens with one attached hydrogen (secondary N) is 1. The SMILES string of the molecule is O=C(CCSc1nnc(-c2ccccc2Cl)n1-c1ccccc1F)Nc1ccc2c(c1)OCO2. The number of carbonyl (C=O) groups is 1. The molecule has 0 bridgehead atoms. The third-order valence-electron chi connectivity index (χ3n) is 5.06. The zero-order valence-electron chi connectivity index (χ0n) is 17.7. The fourth-order valence-electron chi connectivity index (χ4n) is 3.46. The molecule has 10 heteroatoms. The maximum absolute atomic E-state index is 14.7. The van der Waals surface area contributed by atoms with Crippen molar-refractivity contribution in [2.24, 2.45) is 0 Å². The van der Waals surface area contributed by atoms with Crippen LogP contribution in [0.3, 0.4) is 0 Å². The number of anilines is 1. The minimum atomic E-state index is -0.419. The van der Waals surface area contributed by atoms with E-state index in [0.717, 1.165) is 0 Å². The number of fused-ring (bicyclic) bond motifs is 1. The number of hydrogen-bond acceptors (Lipinski definition) is 6. The zero-order chi connectivity index (χ0) is 23.5. The van der Waals surface area contributed by atoms with Crippen LogP contribution in [0.15, 0.2) is 71.9 Å². The van der Waals surface area contributed by atoms with Gasteiger partial charge in [0.05, 0.1) is 10.7 Å². The van der Waals surface area contributed by atoms with E-state index in [1.165, 1.54) is 17.8 Å². The molecule has 0 atom stereocenters. The van der Waals surface area contributed by atoms with E-state index in [1.54, 1.807) is 53.1 Å². The van der Waals surface area contributed by atoms with Gasteiger partial charge in [-0.15, -0.1) is 10.2 Å². The van der Waals surface area contributed by atoms with Gasteiger partial charge in [0, 0.05) is 29.5 Å². The van der Waals surface area contributed by atoms with Crippen molar-refractivity contribution in [3.8, 4) is 28.6 Å². The number of thioether (sulfide) groups is 1. The summed E-state index contributed by atoms with van der Waals surface area (Å²) in [6, 6.07) is 18.8. The molecule has 0 unspecified atom stereocenters. The third-order valence-corrected chi connectivity index (χ3v) is 6.32. The Balaban J connectivity index is 1.33. The smallest absolute Gasteiger partial charge is 0.231 e. The first-order valence-corrected chi connectivity index (χ1v) is 11.7. The number of carbonyl (C=O) groups excluding carboxylic acids is 1. The van der Waals surface area contributed by atoms with Crippen molar-refractivity contribution in [3.05, 3.63) is 77.6 Å². The van der Waals surface area contributed by atoms with E-state index >= 15 is 0 Å². The summed E-state index contributed by atoms with van der Waals surface area (Å²) in [5.74, 6) is 1.48. The highest BCUT2D eigenvalue weighted by Crippen LogP contribution is 2.35. The lowest BCUT2D eigenvalue weighted by Gasteiger charge is -2.12. The third kappa shape index (κ3) is 4.57. The van der Waals surface area contributed by atoms with Gasteiger partial charge in [-0.2, -0.15) is 0 Å². The van der Waals surface area contributed by atoms with Gasteiger partial charge in [-0.25, -0.2) is 4.39 Å². The first-order chi connectivity index (χ1) is 16.6. The second-order valence-electron chi connectivity index (χ2n) is 7.29. The maximum Gasteiger partial charge on any atom is 0.231 e. The Kier molecular flexibility index (Phi) is 6.37. The van der Waals surface area contributed by atoms with Gasteiger partial charge in [-0.05, 0) is 36.4 Å². The van der Waals surface area contributed by atoms with E-state index in [1.807, 2.05) is 12.1 Å². The van der Waals surface area contributed by atoms with Crippen LogP contribution in [0.4, 0.5) is 10.1 Å². The molecule has 0 fully saturated rings. The normalized spacial score (nSPS) is 12.1. The van der Waals surface area contributed by atoms with Crippen LogP contribution in [-0.4, -0.2) is 33.2 Å². The molecule has 1 aromatic heterocycles. The molecule has 7 nitrogen and oxygen atoms in total. The number of ether oxygens (including phenoxy) is 2. The molecular formula is C24H18ClFN4O3S. The molecule has 0 aliphatic carbocycles. The Hall–Kier alpha value is -3.56. The molecule has 5 rings (SSSR count). The number of halogens is 2. The van der Waals surface area contributed by atoms with E-state index in [4.69, 9.17) is 21.1 Å². The molecule has 1 aliphatic rings. The minimum Gasteiger partial charge on any atom is -0.454 e. The summed E-state index contributed by atoms with van der Waals surface area (Å²) in [5, 5.41) is 12.3. The number of amides is 1. The standard InChI is InChI=1S/C24H18ClFN4O3S/c25-17-6-2-1-5-16(17)23-28-29-24(30(23)19-8-4-3-7-18(19)26)34-12-11-22(31)27-15-9-10-20-21(13-15)33-14-32-20/h1-10,13H,11-12,14H2,(H,27,31). The van der Waals surface area contributed by atoms with Crippen molar-refractivity contribution < 1.29 is 18.7 Å². The first-order valence-electron chi connectivity index (χ1n) is 10.4. The summed E-state index contributed by atoms with van der Waals surface area (Å²) >= 11 is 7.68. The van der Waals surface area contributed by atoms with Crippen molar-refractivity contribution in [1.82, 2.24) is 14.8 Å². The van der Waals surface area contributed by atoms with Crippen LogP contribution in [0.5, 0.6) is 11.5 Å². The second kappa shape index (κ2) is 9.74. The summed E-state index contributed by atoms with van der Waals surface area (Å²) in [7, 11) is 0. The fourth-order valence-corrected chi connectivity index (χ4v) is 4.57. The average Bonchev–Trinajstić information content (AvgIpc) is 3.46. The summed E-state index contributed by atoms with van der Waals surface area (Å²) in [4.78, 5) is 12.5. The van der Waals surface area contributed by atoms with Gasteiger partial charge in [0.2, 0.25) is 12.7 Å². The number of nitrogens with zero attached hydrogens (tertiary/aromatic N) is 3. The lowest BCUT2D eigenvalue weighted by molar-refractivity contribution is -0.115. The molecule has 0 spiro atoms. The largest absolute Gasteiger partial charge is 0.454 e. The van der Waals surface area contributed by atoms with Gasteiger partial charge in [-0.1, -0.05) is 47.6 Å². The van der Waals surface area contributed by atoms with Crippen molar-refractivity contribution in [1.29, 1.82) is 0 Å². The summed E-state index contributed by atoms with van der Waals surface area (Å²) < 4.78 is 27.0. The van der Waals surface area contributed by atoms with Crippen molar-refractivity contribution in [2.75, 3.05) is 17.9 Å². The lowest BCUT2D eigenvalue weighted by atomic mass is 10.2. The van der Waals surface area contributed by atoms with E-state index in [0.29, 0.717) is 50.2 Å². The molecule has 0 saturated carbocycles. The fraction of sp³-hybridized carbons (Fsp3) is 0.125. The number of rotatable bonds is 7. The van der Waals surface area contributed by atoms with Gasteiger partial charge in [0.15, 0.2) is 22.5 Å². The van der Waals surface area contributed by atoms with E-state index in [2.05, 4.69) is 15.5 Å². The number of benzene rings is 3. The summed E-state index contributed by atoms with van der Waals surface area (Å²) in [6.07, 6.45) is 0.213. The number of aromatic nitrogens is 3. The molecule has 4 aromatic rings. The van der Waals surface area contributed by atoms with Crippen LogP contribution in [-0.2, 0) is 4.79 Å². The highest BCUT2D eigenvalue weighted by atomic mass is 35.5. The minimum absolute atomic E-state index is 0.169. The molecule has 0 radical (unpaired) electrons. The molecule has 1 amide bonds. The van der Waals surface area contributed by atoms with Crippen molar-refractivity contribution in [2.45, 2.75) is 11.6 Å². The van der Waals surface area contributed by atoms with E-state index in [-0.39, 0.29) is 19.1 Å². The molecular weight excluding hydrogens is 479 g/mol. The monoisotopic (exact) mass is 496 g/mol. The molecule has 3 aromatic carbocycles. The highest BCUT2D eigenvalue weighted by Gasteiger charge is 2.20. The summed E-state index contributed by atoms with van der Waals surface area (Å²) in [6.45, 7) is 0.169. The maximum atomic E-state index is 14.7. The van der Waals surface area contributed by atoms with Gasteiger partial charge < -0.3 is 14.8 Å². The van der Waals surface area contributed by atoms with Crippen molar-refractivity contribution >= 4 is 35.0 Å².